The number of nitriles is 1. The zero-order valence-electron chi connectivity index (χ0n) is 13.5. The molecule has 0 atom stereocenters. The molecule has 24 heavy (non-hydrogen) atoms. The third-order valence-corrected chi connectivity index (χ3v) is 3.26. The molecule has 0 saturated heterocycles. The molecule has 0 spiro atoms. The lowest BCUT2D eigenvalue weighted by atomic mass is 10.2. The van der Waals surface area contributed by atoms with Gasteiger partial charge in [-0.25, -0.2) is 4.79 Å². The maximum atomic E-state index is 12.0. The average Bonchev–Trinajstić information content (AvgIpc) is 2.54. The van der Waals surface area contributed by atoms with E-state index in [1.165, 1.54) is 6.20 Å². The first-order chi connectivity index (χ1) is 11.5. The van der Waals surface area contributed by atoms with Gasteiger partial charge in [-0.1, -0.05) is 17.7 Å². The molecule has 0 unspecified atom stereocenters. The van der Waals surface area contributed by atoms with E-state index in [1.807, 2.05) is 13.0 Å². The number of alkyl carbamates (subject to hydrolysis) is 1. The van der Waals surface area contributed by atoms with Gasteiger partial charge in [-0.3, -0.25) is 4.79 Å². The molecular formula is C16H19ClN4O3. The molecule has 128 valence electrons. The van der Waals surface area contributed by atoms with Gasteiger partial charge in [0.05, 0.1) is 6.61 Å². The molecule has 0 aliphatic rings. The van der Waals surface area contributed by atoms with Gasteiger partial charge in [0, 0.05) is 30.0 Å². The molecule has 0 radical (unpaired) electrons. The maximum absolute atomic E-state index is 12.0. The number of benzene rings is 1. The van der Waals surface area contributed by atoms with Crippen LogP contribution in [-0.2, 0) is 9.53 Å². The van der Waals surface area contributed by atoms with Gasteiger partial charge in [0.2, 0.25) is 0 Å². The number of hydrogen-bond acceptors (Lipinski definition) is 5. The van der Waals surface area contributed by atoms with Crippen LogP contribution in [-0.4, -0.2) is 31.7 Å². The maximum Gasteiger partial charge on any atom is 0.407 e. The van der Waals surface area contributed by atoms with Crippen molar-refractivity contribution in [3.8, 4) is 6.07 Å². The van der Waals surface area contributed by atoms with Crippen molar-refractivity contribution in [3.63, 3.8) is 0 Å². The Kier molecular flexibility index (Phi) is 8.16. The van der Waals surface area contributed by atoms with Crippen molar-refractivity contribution in [1.82, 2.24) is 10.6 Å². The second-order valence-electron chi connectivity index (χ2n) is 4.69. The smallest absolute Gasteiger partial charge is 0.407 e. The van der Waals surface area contributed by atoms with Gasteiger partial charge in [0.1, 0.15) is 11.6 Å². The highest BCUT2D eigenvalue weighted by molar-refractivity contribution is 6.31. The number of hydrogen-bond donors (Lipinski definition) is 3. The molecule has 0 aromatic heterocycles. The van der Waals surface area contributed by atoms with Crippen LogP contribution in [0.25, 0.3) is 0 Å². The summed E-state index contributed by atoms with van der Waals surface area (Å²) < 4.78 is 4.69. The molecule has 0 heterocycles. The minimum atomic E-state index is -0.553. The summed E-state index contributed by atoms with van der Waals surface area (Å²) in [5.41, 5.74) is 1.30. The van der Waals surface area contributed by atoms with Crippen LogP contribution in [0.4, 0.5) is 10.5 Å². The minimum absolute atomic E-state index is 0.0946. The fourth-order valence-corrected chi connectivity index (χ4v) is 1.79. The van der Waals surface area contributed by atoms with E-state index in [4.69, 9.17) is 21.6 Å². The van der Waals surface area contributed by atoms with Crippen LogP contribution in [0.5, 0.6) is 0 Å². The molecule has 1 aromatic rings. The highest BCUT2D eigenvalue weighted by Gasteiger charge is 2.09. The average molecular weight is 351 g/mol. The van der Waals surface area contributed by atoms with Crippen molar-refractivity contribution >= 4 is 29.3 Å². The van der Waals surface area contributed by atoms with E-state index in [0.717, 1.165) is 5.56 Å². The molecule has 2 amide bonds. The van der Waals surface area contributed by atoms with E-state index in [-0.39, 0.29) is 5.57 Å². The predicted molar refractivity (Wildman–Crippen MR) is 91.5 cm³/mol. The summed E-state index contributed by atoms with van der Waals surface area (Å²) in [4.78, 5) is 23.1. The van der Waals surface area contributed by atoms with Gasteiger partial charge >= 0.3 is 6.09 Å². The number of anilines is 1. The predicted octanol–water partition coefficient (Wildman–Crippen LogP) is 2.33. The summed E-state index contributed by atoms with van der Waals surface area (Å²) in [7, 11) is 0. The zero-order chi connectivity index (χ0) is 17.9. The van der Waals surface area contributed by atoms with Gasteiger partial charge in [-0.15, -0.1) is 0 Å². The Hall–Kier alpha value is -2.72. The Morgan fingerprint density at radius 1 is 1.38 bits per heavy atom. The van der Waals surface area contributed by atoms with Gasteiger partial charge in [-0.05, 0) is 31.5 Å². The monoisotopic (exact) mass is 350 g/mol. The third-order valence-electron chi connectivity index (χ3n) is 2.86. The van der Waals surface area contributed by atoms with Gasteiger partial charge in [0.15, 0.2) is 0 Å². The van der Waals surface area contributed by atoms with Crippen LogP contribution in [0.2, 0.25) is 5.02 Å². The molecule has 1 aromatic carbocycles. The molecule has 3 N–H and O–H groups in total. The molecule has 0 bridgehead atoms. The van der Waals surface area contributed by atoms with E-state index in [2.05, 4.69) is 16.0 Å². The number of halogens is 1. The topological polar surface area (TPSA) is 103 Å². The zero-order valence-corrected chi connectivity index (χ0v) is 14.2. The van der Waals surface area contributed by atoms with Crippen LogP contribution in [0.1, 0.15) is 12.5 Å². The van der Waals surface area contributed by atoms with Crippen LogP contribution in [0, 0.1) is 18.3 Å². The van der Waals surface area contributed by atoms with E-state index >= 15 is 0 Å². The van der Waals surface area contributed by atoms with Crippen LogP contribution >= 0.6 is 11.6 Å². The van der Waals surface area contributed by atoms with Crippen LogP contribution in [0.15, 0.2) is 30.0 Å². The van der Waals surface area contributed by atoms with Gasteiger partial charge in [-0.2, -0.15) is 5.26 Å². The summed E-state index contributed by atoms with van der Waals surface area (Å²) in [6.07, 6.45) is 0.774. The normalized spacial score (nSPS) is 10.5. The highest BCUT2D eigenvalue weighted by atomic mass is 35.5. The Balaban J connectivity index is 2.49. The largest absolute Gasteiger partial charge is 0.450 e. The van der Waals surface area contributed by atoms with Crippen molar-refractivity contribution in [2.75, 3.05) is 25.0 Å². The van der Waals surface area contributed by atoms with E-state index in [0.29, 0.717) is 30.4 Å². The molecule has 8 heteroatoms. The van der Waals surface area contributed by atoms with E-state index in [1.54, 1.807) is 25.1 Å². The fraction of sp³-hybridized carbons (Fsp3) is 0.312. The standard InChI is InChI=1S/C16H19ClN4O3/c1-3-24-16(23)20-7-6-19-10-12(9-18)15(22)21-13-5-4-11(2)14(17)8-13/h4-5,8,10,19H,3,6-7H2,1-2H3,(H,20,23)(H,21,22)/b12-10-. The van der Waals surface area contributed by atoms with Crippen molar-refractivity contribution in [2.45, 2.75) is 13.8 Å². The van der Waals surface area contributed by atoms with Gasteiger partial charge in [0.25, 0.3) is 5.91 Å². The number of nitrogens with one attached hydrogen (secondary N) is 3. The fourth-order valence-electron chi connectivity index (χ4n) is 1.61. The summed E-state index contributed by atoms with van der Waals surface area (Å²) in [5, 5.41) is 17.5. The lowest BCUT2D eigenvalue weighted by molar-refractivity contribution is -0.112. The van der Waals surface area contributed by atoms with E-state index < -0.39 is 12.0 Å². The number of ether oxygens (including phenoxy) is 1. The second kappa shape index (κ2) is 10.1. The van der Waals surface area contributed by atoms with Crippen molar-refractivity contribution in [1.29, 1.82) is 5.26 Å². The van der Waals surface area contributed by atoms with Crippen molar-refractivity contribution in [3.05, 3.63) is 40.6 Å². The SMILES string of the molecule is CCOC(=O)NCCN/C=C(/C#N)C(=O)Nc1ccc(C)c(Cl)c1. The third kappa shape index (κ3) is 6.58. The number of carbonyl (C=O) groups is 2. The lowest BCUT2D eigenvalue weighted by Crippen LogP contribution is -2.31. The Morgan fingerprint density at radius 3 is 2.75 bits per heavy atom. The first-order valence-corrected chi connectivity index (χ1v) is 7.67. The Morgan fingerprint density at radius 2 is 2.12 bits per heavy atom. The van der Waals surface area contributed by atoms with Gasteiger partial charge < -0.3 is 20.7 Å². The molecule has 0 fully saturated rings. The summed E-state index contributed by atoms with van der Waals surface area (Å²) in [5.74, 6) is -0.553. The number of aryl methyl sites for hydroxylation is 1. The molecule has 0 saturated carbocycles. The summed E-state index contributed by atoms with van der Waals surface area (Å²) in [6.45, 7) is 4.49. The summed E-state index contributed by atoms with van der Waals surface area (Å²) in [6, 6.07) is 6.89. The van der Waals surface area contributed by atoms with Crippen molar-refractivity contribution in [2.24, 2.45) is 0 Å². The summed E-state index contributed by atoms with van der Waals surface area (Å²) >= 11 is 5.99. The quantitative estimate of drug-likeness (QED) is 0.398. The number of carbonyl (C=O) groups excluding carboxylic acids is 2. The number of nitrogens with zero attached hydrogens (tertiary/aromatic N) is 1. The number of rotatable bonds is 7. The first kappa shape index (κ1) is 19.3. The van der Waals surface area contributed by atoms with E-state index in [9.17, 15) is 9.59 Å². The van der Waals surface area contributed by atoms with Crippen molar-refractivity contribution < 1.29 is 14.3 Å². The highest BCUT2D eigenvalue weighted by Crippen LogP contribution is 2.20. The Labute approximate surface area is 145 Å². The molecule has 7 nitrogen and oxygen atoms in total. The number of amides is 2. The molecule has 0 aliphatic carbocycles. The van der Waals surface area contributed by atoms with Crippen LogP contribution < -0.4 is 16.0 Å². The molecular weight excluding hydrogens is 332 g/mol. The van der Waals surface area contributed by atoms with Crippen LogP contribution in [0.3, 0.4) is 0 Å². The second-order valence-corrected chi connectivity index (χ2v) is 5.10. The first-order valence-electron chi connectivity index (χ1n) is 7.29. The minimum Gasteiger partial charge on any atom is -0.450 e. The Bertz CT molecular complexity index is 668. The molecule has 0 aliphatic heterocycles. The molecule has 1 rings (SSSR count). The lowest BCUT2D eigenvalue weighted by Gasteiger charge is -2.07.